The summed E-state index contributed by atoms with van der Waals surface area (Å²) in [7, 11) is 0. The number of nitrogens with one attached hydrogen (secondary N) is 2. The third kappa shape index (κ3) is 13.3. The lowest BCUT2D eigenvalue weighted by molar-refractivity contribution is -0.155. The summed E-state index contributed by atoms with van der Waals surface area (Å²) in [6, 6.07) is 10.3. The van der Waals surface area contributed by atoms with Crippen LogP contribution in [0.1, 0.15) is 89.1 Å². The molecule has 3 aliphatic heterocycles. The van der Waals surface area contributed by atoms with Crippen molar-refractivity contribution < 1.29 is 50.6 Å². The first-order valence-electron chi connectivity index (χ1n) is 22.8. The number of halogens is 5. The summed E-state index contributed by atoms with van der Waals surface area (Å²) in [4.78, 5) is 60.8. The predicted molar refractivity (Wildman–Crippen MR) is 274 cm³/mol. The number of benzene rings is 2. The minimum Gasteiger partial charge on any atom is -0.464 e. The number of esters is 1. The van der Waals surface area contributed by atoms with Gasteiger partial charge in [-0.2, -0.15) is 53.7 Å². The van der Waals surface area contributed by atoms with Crippen LogP contribution in [0.2, 0.25) is 0 Å². The van der Waals surface area contributed by atoms with E-state index in [-0.39, 0.29) is 114 Å². The van der Waals surface area contributed by atoms with Gasteiger partial charge in [0.15, 0.2) is 0 Å². The molecule has 3 aliphatic rings. The second kappa shape index (κ2) is 23.7. The number of hydrazine groups is 1. The first-order chi connectivity index (χ1) is 31.6. The molecule has 12 nitrogen and oxygen atoms in total. The maximum absolute atomic E-state index is 14.9. The number of likely N-dealkylation sites (tertiary alicyclic amines) is 1. The van der Waals surface area contributed by atoms with E-state index in [1.165, 1.54) is 27.8 Å². The van der Waals surface area contributed by atoms with Crippen LogP contribution in [-0.4, -0.2) is 100 Å². The Morgan fingerprint density at radius 2 is 1.74 bits per heavy atom. The number of nitrogens with zero attached hydrogens (tertiary/aromatic N) is 4. The number of hydrogen-bond donors (Lipinski definition) is 2. The van der Waals surface area contributed by atoms with Gasteiger partial charge in [-0.25, -0.2) is 14.2 Å². The normalized spacial score (nSPS) is 19.1. The number of amides is 3. The van der Waals surface area contributed by atoms with E-state index in [2.05, 4.69) is 22.3 Å². The molecule has 5 heterocycles. The van der Waals surface area contributed by atoms with Crippen LogP contribution >= 0.6 is 40.5 Å². The molecule has 0 radical (unpaired) electrons. The number of ether oxygens (including phenoxy) is 2. The van der Waals surface area contributed by atoms with Crippen molar-refractivity contribution in [3.8, 4) is 22.4 Å². The van der Waals surface area contributed by atoms with E-state index in [0.29, 0.717) is 65.0 Å². The van der Waals surface area contributed by atoms with Crippen molar-refractivity contribution in [3.05, 3.63) is 89.8 Å². The van der Waals surface area contributed by atoms with Gasteiger partial charge in [0.05, 0.1) is 36.6 Å². The molecule has 20 heteroatoms. The van der Waals surface area contributed by atoms with E-state index >= 15 is 0 Å². The van der Waals surface area contributed by atoms with Gasteiger partial charge < -0.3 is 24.3 Å². The second-order valence-corrected chi connectivity index (χ2v) is 19.4. The second-order valence-electron chi connectivity index (χ2n) is 19.4. The number of rotatable bonds is 11. The van der Waals surface area contributed by atoms with Crippen LogP contribution in [0.5, 0.6) is 0 Å². The maximum Gasteiger partial charge on any atom is 0.406 e. The number of aromatic nitrogens is 2. The Balaban J connectivity index is 0.00000355. The lowest BCUT2D eigenvalue weighted by Crippen LogP contribution is -2.61. The molecule has 0 saturated carbocycles. The Bertz CT molecular complexity index is 2530. The summed E-state index contributed by atoms with van der Waals surface area (Å²) in [5.74, 6) is -3.15. The Morgan fingerprint density at radius 3 is 2.39 bits per heavy atom. The van der Waals surface area contributed by atoms with Crippen molar-refractivity contribution in [1.82, 2.24) is 30.2 Å². The van der Waals surface area contributed by atoms with Crippen molar-refractivity contribution in [3.63, 3.8) is 0 Å². The van der Waals surface area contributed by atoms with Crippen molar-refractivity contribution in [2.45, 2.75) is 110 Å². The highest BCUT2D eigenvalue weighted by Gasteiger charge is 2.39. The highest BCUT2D eigenvalue weighted by atomic mass is 32.1. The molecule has 4 aromatic rings. The molecule has 2 fully saturated rings. The average Bonchev–Trinajstić information content (AvgIpc) is 3.54. The number of fused-ring (bicyclic) bond motifs is 6. The van der Waals surface area contributed by atoms with Gasteiger partial charge >= 0.3 is 12.1 Å². The summed E-state index contributed by atoms with van der Waals surface area (Å²) in [5.41, 5.74) is 5.05. The van der Waals surface area contributed by atoms with Gasteiger partial charge in [0, 0.05) is 59.7 Å². The summed E-state index contributed by atoms with van der Waals surface area (Å²) in [6.45, 7) is 14.1. The van der Waals surface area contributed by atoms with Gasteiger partial charge in [0.2, 0.25) is 11.8 Å². The zero-order chi connectivity index (χ0) is 48.5. The zero-order valence-electron chi connectivity index (χ0n) is 40.2. The van der Waals surface area contributed by atoms with Gasteiger partial charge in [0.25, 0.3) is 12.3 Å². The van der Waals surface area contributed by atoms with Crippen LogP contribution in [0.3, 0.4) is 0 Å². The molecule has 2 aromatic carbocycles. The Kier molecular flexibility index (Phi) is 19.6. The maximum atomic E-state index is 14.9. The number of pyridine rings is 1. The Hall–Kier alpha value is -4.63. The van der Waals surface area contributed by atoms with Gasteiger partial charge in [-0.1, -0.05) is 66.3 Å². The number of alkyl halides is 5. The smallest absolute Gasteiger partial charge is 0.406 e. The fraction of sp³-hybridized carbons (Fsp3) is 0.500. The van der Waals surface area contributed by atoms with E-state index in [1.54, 1.807) is 47.5 Å². The molecule has 1 unspecified atom stereocenters. The SMILES string of the molecule is C=CC(=O)N1CC(OCC(C(=O)N[C@H]2Cc3cc(cc(C(F)F)c3)-c3ccc4c(c3)c(c(-c3cccnc3C(C)C)n4CC(F)(F)F)CC(C)(C)COC(=O)[C@@H]3CCCN(N3)C2=O)C(C)C)C1.S.S.S. The molecule has 3 amide bonds. The molecular weight excluding hydrogens is 972 g/mol. The third-order valence-corrected chi connectivity index (χ3v) is 12.8. The average molecular weight is 1040 g/mol. The fourth-order valence-corrected chi connectivity index (χ4v) is 9.22. The Morgan fingerprint density at radius 1 is 1.03 bits per heavy atom. The van der Waals surface area contributed by atoms with Crippen LogP contribution in [0.25, 0.3) is 33.3 Å². The summed E-state index contributed by atoms with van der Waals surface area (Å²) in [5, 5.41) is 4.61. The van der Waals surface area contributed by atoms with Gasteiger partial charge in [-0.15, -0.1) is 0 Å². The van der Waals surface area contributed by atoms with Crippen LogP contribution in [0, 0.1) is 17.3 Å². The van der Waals surface area contributed by atoms with Gasteiger partial charge in [-0.05, 0) is 89.8 Å². The van der Waals surface area contributed by atoms with E-state index in [1.807, 2.05) is 41.5 Å². The number of carbonyl (C=O) groups excluding carboxylic acids is 4. The largest absolute Gasteiger partial charge is 0.464 e. The lowest BCUT2D eigenvalue weighted by Gasteiger charge is -2.39. The topological polar surface area (TPSA) is 135 Å². The first kappa shape index (κ1) is 57.9. The van der Waals surface area contributed by atoms with Crippen molar-refractivity contribution in [2.24, 2.45) is 17.3 Å². The highest BCUT2D eigenvalue weighted by molar-refractivity contribution is 7.59. The van der Waals surface area contributed by atoms with Crippen LogP contribution in [0.4, 0.5) is 22.0 Å². The fourth-order valence-electron chi connectivity index (χ4n) is 9.22. The van der Waals surface area contributed by atoms with Crippen LogP contribution in [-0.2, 0) is 48.0 Å². The molecule has 7 rings (SSSR count). The molecule has 3 atom stereocenters. The first-order valence-corrected chi connectivity index (χ1v) is 22.8. The summed E-state index contributed by atoms with van der Waals surface area (Å²) < 4.78 is 87.0. The van der Waals surface area contributed by atoms with Crippen molar-refractivity contribution in [1.29, 1.82) is 0 Å². The molecule has 2 saturated heterocycles. The third-order valence-electron chi connectivity index (χ3n) is 12.8. The van der Waals surface area contributed by atoms with E-state index in [4.69, 9.17) is 9.47 Å². The molecule has 2 aromatic heterocycles. The highest BCUT2D eigenvalue weighted by Crippen LogP contribution is 2.43. The lowest BCUT2D eigenvalue weighted by atomic mass is 9.83. The molecule has 0 aliphatic carbocycles. The molecule has 2 N–H and O–H groups in total. The molecule has 384 valence electrons. The minimum atomic E-state index is -4.63. The van der Waals surface area contributed by atoms with Crippen molar-refractivity contribution in [2.75, 3.05) is 32.8 Å². The number of hydrogen-bond acceptors (Lipinski definition) is 8. The Labute approximate surface area is 426 Å². The predicted octanol–water partition coefficient (Wildman–Crippen LogP) is 8.67. The van der Waals surface area contributed by atoms with E-state index < -0.39 is 60.3 Å². The summed E-state index contributed by atoms with van der Waals surface area (Å²) in [6.07, 6.45) is -4.43. The van der Waals surface area contributed by atoms with Crippen molar-refractivity contribution >= 4 is 75.1 Å². The number of carbonyl (C=O) groups is 4. The number of cyclic esters (lactones) is 1. The quantitative estimate of drug-likeness (QED) is 0.0867. The van der Waals surface area contributed by atoms with E-state index in [9.17, 15) is 41.1 Å². The van der Waals surface area contributed by atoms with Crippen LogP contribution < -0.4 is 10.7 Å². The summed E-state index contributed by atoms with van der Waals surface area (Å²) >= 11 is 0. The molecule has 0 spiro atoms. The minimum absolute atomic E-state index is 0. The monoisotopic (exact) mass is 1040 g/mol. The van der Waals surface area contributed by atoms with Crippen LogP contribution in [0.15, 0.2) is 67.4 Å². The molecule has 70 heavy (non-hydrogen) atoms. The van der Waals surface area contributed by atoms with E-state index in [0.717, 1.165) is 0 Å². The molecule has 6 bridgehead atoms. The zero-order valence-corrected chi connectivity index (χ0v) is 43.2. The molecular formula is C50H65F5N6O6S3. The standard InChI is InChI=1S/C50H59F5N6O6.3H2S/c1-8-42(62)59-23-34(24-59)66-25-38(28(2)3)46(63)57-40-19-30-17-32(20-33(18-30)45(51)52)31-13-14-41-36(21-31)37(22-49(6,7)27-67-48(65)39-12-10-16-61(58-39)47(40)64)44(60(41)26-50(53,54)55)35-11-9-15-56-43(35)29(4)5;;;/h8-9,11,13-15,17-18,20-21,28-29,34,38-40,45,58H,1,10,12,16,19,22-27H2,2-7H3,(H,57,63);3*1H2/t38?,39-,40-;;;/m0.../s1. The van der Waals surface area contributed by atoms with Gasteiger partial charge in [-0.3, -0.25) is 29.2 Å². The van der Waals surface area contributed by atoms with Gasteiger partial charge in [0.1, 0.15) is 18.6 Å².